The Kier molecular flexibility index (Phi) is 4.23. The van der Waals surface area contributed by atoms with Crippen molar-refractivity contribution < 1.29 is 14.4 Å². The second-order valence-corrected chi connectivity index (χ2v) is 5.38. The van der Waals surface area contributed by atoms with Crippen LogP contribution >= 0.6 is 0 Å². The van der Waals surface area contributed by atoms with E-state index in [4.69, 9.17) is 0 Å². The van der Waals surface area contributed by atoms with Crippen molar-refractivity contribution >= 4 is 23.4 Å². The number of nitrogens with zero attached hydrogens (tertiary/aromatic N) is 3. The Morgan fingerprint density at radius 1 is 1.33 bits per heavy atom. The van der Waals surface area contributed by atoms with Gasteiger partial charge >= 0.3 is 0 Å². The summed E-state index contributed by atoms with van der Waals surface area (Å²) in [6.45, 7) is 0.155. The molecule has 0 aliphatic carbocycles. The third-order valence-corrected chi connectivity index (χ3v) is 3.53. The predicted molar refractivity (Wildman–Crippen MR) is 83.8 cm³/mol. The number of fused-ring (bicyclic) bond motifs is 1. The first-order chi connectivity index (χ1) is 11.5. The third-order valence-electron chi connectivity index (χ3n) is 3.53. The number of para-hydroxylation sites is 1. The fourth-order valence-electron chi connectivity index (χ4n) is 2.36. The summed E-state index contributed by atoms with van der Waals surface area (Å²) in [6.07, 6.45) is 1.36. The number of hydrogen-bond donors (Lipinski definition) is 3. The zero-order valence-electron chi connectivity index (χ0n) is 12.9. The second kappa shape index (κ2) is 6.49. The van der Waals surface area contributed by atoms with E-state index in [1.165, 1.54) is 11.0 Å². The van der Waals surface area contributed by atoms with Gasteiger partial charge in [-0.2, -0.15) is 5.10 Å². The summed E-state index contributed by atoms with van der Waals surface area (Å²) < 4.78 is 1.53. The van der Waals surface area contributed by atoms with E-state index >= 15 is 0 Å². The molecule has 0 saturated carbocycles. The molecule has 1 atom stereocenters. The highest BCUT2D eigenvalue weighted by atomic mass is 16.2. The van der Waals surface area contributed by atoms with Gasteiger partial charge in [-0.3, -0.25) is 19.1 Å². The largest absolute Gasteiger partial charge is 0.349 e. The zero-order valence-corrected chi connectivity index (χ0v) is 12.9. The molecule has 9 nitrogen and oxygen atoms in total. The van der Waals surface area contributed by atoms with Gasteiger partial charge in [-0.25, -0.2) is 4.98 Å². The molecule has 3 rings (SSSR count). The number of hydrogen-bond acceptors (Lipinski definition) is 5. The summed E-state index contributed by atoms with van der Waals surface area (Å²) in [7, 11) is 1.72. The van der Waals surface area contributed by atoms with Crippen LogP contribution < -0.4 is 16.0 Å². The number of carbonyl (C=O) groups is 3. The number of amides is 3. The number of anilines is 1. The molecule has 0 fully saturated rings. The number of aromatic nitrogens is 3. The molecule has 1 aromatic carbocycles. The van der Waals surface area contributed by atoms with E-state index in [-0.39, 0.29) is 18.9 Å². The van der Waals surface area contributed by atoms with E-state index in [2.05, 4.69) is 26.0 Å². The Labute approximate surface area is 137 Å². The molecule has 0 saturated heterocycles. The van der Waals surface area contributed by atoms with Crippen LogP contribution in [0.5, 0.6) is 0 Å². The van der Waals surface area contributed by atoms with Crippen LogP contribution in [0, 0.1) is 0 Å². The molecule has 0 radical (unpaired) electrons. The van der Waals surface area contributed by atoms with Gasteiger partial charge in [-0.15, -0.1) is 0 Å². The normalized spacial score (nSPS) is 16.6. The highest BCUT2D eigenvalue weighted by Crippen LogP contribution is 2.18. The average molecular weight is 328 g/mol. The molecular weight excluding hydrogens is 312 g/mol. The minimum atomic E-state index is -0.943. The van der Waals surface area contributed by atoms with E-state index in [1.54, 1.807) is 31.3 Å². The van der Waals surface area contributed by atoms with Crippen LogP contribution in [0.4, 0.5) is 5.69 Å². The lowest BCUT2D eigenvalue weighted by Crippen LogP contribution is -2.44. The van der Waals surface area contributed by atoms with Crippen molar-refractivity contribution in [3.05, 3.63) is 42.0 Å². The van der Waals surface area contributed by atoms with Gasteiger partial charge in [0.1, 0.15) is 12.4 Å². The minimum absolute atomic E-state index is 0.155. The first-order valence-electron chi connectivity index (χ1n) is 7.35. The van der Waals surface area contributed by atoms with Crippen molar-refractivity contribution in [2.24, 2.45) is 7.05 Å². The van der Waals surface area contributed by atoms with Crippen molar-refractivity contribution in [2.75, 3.05) is 5.32 Å². The van der Waals surface area contributed by atoms with Crippen LogP contribution in [-0.2, 0) is 23.2 Å². The fourth-order valence-corrected chi connectivity index (χ4v) is 2.36. The molecule has 1 aliphatic rings. The van der Waals surface area contributed by atoms with Gasteiger partial charge < -0.3 is 16.0 Å². The van der Waals surface area contributed by atoms with Gasteiger partial charge in [0.15, 0.2) is 5.82 Å². The zero-order chi connectivity index (χ0) is 17.1. The summed E-state index contributed by atoms with van der Waals surface area (Å²) in [5, 5.41) is 11.9. The van der Waals surface area contributed by atoms with Crippen LogP contribution in [0.15, 0.2) is 30.6 Å². The maximum absolute atomic E-state index is 12.2. The fraction of sp³-hybridized carbons (Fsp3) is 0.267. The maximum Gasteiger partial charge on any atom is 0.254 e. The molecule has 2 heterocycles. The lowest BCUT2D eigenvalue weighted by Gasteiger charge is -2.13. The SMILES string of the molecule is Cn1cnc(CNC(=O)C[C@@H]2NC(=O)c3ccccc3NC2=O)n1. The Balaban J connectivity index is 1.62. The van der Waals surface area contributed by atoms with Gasteiger partial charge in [0.2, 0.25) is 11.8 Å². The molecule has 0 spiro atoms. The van der Waals surface area contributed by atoms with Gasteiger partial charge in [0.25, 0.3) is 5.91 Å². The van der Waals surface area contributed by atoms with Gasteiger partial charge in [0.05, 0.1) is 24.2 Å². The topological polar surface area (TPSA) is 118 Å². The van der Waals surface area contributed by atoms with Crippen LogP contribution in [0.1, 0.15) is 22.6 Å². The predicted octanol–water partition coefficient (Wildman–Crippen LogP) is -0.428. The van der Waals surface area contributed by atoms with Crippen molar-refractivity contribution in [3.8, 4) is 0 Å². The molecule has 1 aromatic heterocycles. The van der Waals surface area contributed by atoms with E-state index in [0.717, 1.165) is 0 Å². The van der Waals surface area contributed by atoms with E-state index in [1.807, 2.05) is 0 Å². The Morgan fingerprint density at radius 3 is 2.88 bits per heavy atom. The summed E-state index contributed by atoms with van der Waals surface area (Å²) in [5.41, 5.74) is 0.798. The molecule has 3 N–H and O–H groups in total. The lowest BCUT2D eigenvalue weighted by molar-refractivity contribution is -0.125. The molecule has 9 heteroatoms. The second-order valence-electron chi connectivity index (χ2n) is 5.38. The van der Waals surface area contributed by atoms with E-state index < -0.39 is 17.9 Å². The number of rotatable bonds is 4. The Morgan fingerprint density at radius 2 is 2.12 bits per heavy atom. The van der Waals surface area contributed by atoms with Crippen LogP contribution in [0.25, 0.3) is 0 Å². The quantitative estimate of drug-likeness (QED) is 0.704. The van der Waals surface area contributed by atoms with Crippen LogP contribution in [-0.4, -0.2) is 38.5 Å². The molecular formula is C15H16N6O3. The maximum atomic E-state index is 12.2. The van der Waals surface area contributed by atoms with Crippen molar-refractivity contribution in [1.82, 2.24) is 25.4 Å². The highest BCUT2D eigenvalue weighted by Gasteiger charge is 2.29. The monoisotopic (exact) mass is 328 g/mol. The molecule has 1 aliphatic heterocycles. The summed E-state index contributed by atoms with van der Waals surface area (Å²) >= 11 is 0. The minimum Gasteiger partial charge on any atom is -0.349 e. The first kappa shape index (κ1) is 15.7. The third kappa shape index (κ3) is 3.40. The van der Waals surface area contributed by atoms with E-state index in [0.29, 0.717) is 17.1 Å². The molecule has 0 bridgehead atoms. The van der Waals surface area contributed by atoms with Crippen LogP contribution in [0.2, 0.25) is 0 Å². The summed E-state index contributed by atoms with van der Waals surface area (Å²) in [6, 6.07) is 5.74. The summed E-state index contributed by atoms with van der Waals surface area (Å²) in [5.74, 6) is -0.742. The molecule has 124 valence electrons. The van der Waals surface area contributed by atoms with Crippen LogP contribution in [0.3, 0.4) is 0 Å². The molecule has 0 unspecified atom stereocenters. The standard InChI is InChI=1S/C15H16N6O3/c1-21-8-17-12(20-21)7-16-13(22)6-11-15(24)18-10-5-3-2-4-9(10)14(23)19-11/h2-5,8,11H,6-7H2,1H3,(H,16,22)(H,18,24)(H,19,23)/t11-/m0/s1. The Hall–Kier alpha value is -3.23. The van der Waals surface area contributed by atoms with Gasteiger partial charge in [-0.1, -0.05) is 12.1 Å². The molecule has 2 aromatic rings. The van der Waals surface area contributed by atoms with Gasteiger partial charge in [-0.05, 0) is 12.1 Å². The number of aryl methyl sites for hydroxylation is 1. The summed E-state index contributed by atoms with van der Waals surface area (Å²) in [4.78, 5) is 40.4. The van der Waals surface area contributed by atoms with Crippen molar-refractivity contribution in [3.63, 3.8) is 0 Å². The smallest absolute Gasteiger partial charge is 0.254 e. The van der Waals surface area contributed by atoms with Crippen molar-refractivity contribution in [2.45, 2.75) is 19.0 Å². The Bertz CT molecular complexity index is 800. The first-order valence-corrected chi connectivity index (χ1v) is 7.35. The number of nitrogens with one attached hydrogen (secondary N) is 3. The number of benzene rings is 1. The number of carbonyl (C=O) groups excluding carboxylic acids is 3. The lowest BCUT2D eigenvalue weighted by atomic mass is 10.1. The molecule has 3 amide bonds. The highest BCUT2D eigenvalue weighted by molar-refractivity contribution is 6.10. The van der Waals surface area contributed by atoms with E-state index in [9.17, 15) is 14.4 Å². The van der Waals surface area contributed by atoms with Crippen molar-refractivity contribution in [1.29, 1.82) is 0 Å². The molecule has 24 heavy (non-hydrogen) atoms. The average Bonchev–Trinajstić information content (AvgIpc) is 2.93. The van der Waals surface area contributed by atoms with Gasteiger partial charge in [0, 0.05) is 7.05 Å².